The van der Waals surface area contributed by atoms with Crippen molar-refractivity contribution in [2.24, 2.45) is 0 Å². The first-order chi connectivity index (χ1) is 8.46. The van der Waals surface area contributed by atoms with Crippen molar-refractivity contribution < 1.29 is 31.4 Å². The predicted octanol–water partition coefficient (Wildman–Crippen LogP) is 4.72. The zero-order valence-corrected chi connectivity index (χ0v) is 10.1. The van der Waals surface area contributed by atoms with Gasteiger partial charge in [-0.15, -0.1) is 0 Å². The summed E-state index contributed by atoms with van der Waals surface area (Å²) in [5.74, 6) is -5.02. The Hall–Kier alpha value is -1.40. The van der Waals surface area contributed by atoms with Gasteiger partial charge in [-0.3, -0.25) is 0 Å². The van der Waals surface area contributed by atoms with E-state index in [4.69, 9.17) is 0 Å². The first kappa shape index (κ1) is 15.7. The van der Waals surface area contributed by atoms with Crippen molar-refractivity contribution in [1.82, 2.24) is 0 Å². The van der Waals surface area contributed by atoms with E-state index in [1.54, 1.807) is 0 Å². The van der Waals surface area contributed by atoms with E-state index in [0.29, 0.717) is 0 Å². The molecule has 2 unspecified atom stereocenters. The molecule has 0 heterocycles. The maximum atomic E-state index is 12.5. The molecule has 0 aromatic heterocycles. The van der Waals surface area contributed by atoms with E-state index in [1.807, 2.05) is 0 Å². The quantitative estimate of drug-likeness (QED) is 0.780. The molecule has 108 valence electrons. The highest BCUT2D eigenvalue weighted by molar-refractivity contribution is 5.45. The third-order valence-electron chi connectivity index (χ3n) is 3.01. The largest absolute Gasteiger partial charge is 0.507 e. The molecule has 19 heavy (non-hydrogen) atoms. The van der Waals surface area contributed by atoms with Crippen molar-refractivity contribution in [3.63, 3.8) is 0 Å². The second-order valence-corrected chi connectivity index (χ2v) is 4.31. The lowest BCUT2D eigenvalue weighted by molar-refractivity contribution is -0.147. The minimum atomic E-state index is -4.63. The molecule has 1 nitrogen and oxygen atoms in total. The van der Waals surface area contributed by atoms with Crippen molar-refractivity contribution in [1.29, 1.82) is 0 Å². The molecule has 0 aliphatic heterocycles. The molecule has 0 spiro atoms. The summed E-state index contributed by atoms with van der Waals surface area (Å²) in [5.41, 5.74) is -1.11. The number of para-hydroxylation sites is 1. The van der Waals surface area contributed by atoms with Crippen LogP contribution in [-0.2, 0) is 0 Å². The van der Waals surface area contributed by atoms with E-state index in [2.05, 4.69) is 0 Å². The van der Waals surface area contributed by atoms with E-state index in [0.717, 1.165) is 32.0 Å². The Balaban J connectivity index is 3.27. The Labute approximate surface area is 105 Å². The molecule has 1 rings (SSSR count). The van der Waals surface area contributed by atoms with Crippen LogP contribution in [-0.4, -0.2) is 17.5 Å². The molecule has 0 aliphatic carbocycles. The van der Waals surface area contributed by atoms with E-state index in [-0.39, 0.29) is 0 Å². The van der Waals surface area contributed by atoms with E-state index >= 15 is 0 Å². The molecule has 0 radical (unpaired) electrons. The average molecular weight is 286 g/mol. The molecule has 1 N–H and O–H groups in total. The van der Waals surface area contributed by atoms with Gasteiger partial charge in [0.25, 0.3) is 0 Å². The summed E-state index contributed by atoms with van der Waals surface area (Å²) in [6.45, 7) is 1.58. The number of alkyl halides is 6. The topological polar surface area (TPSA) is 20.2 Å². The van der Waals surface area contributed by atoms with Gasteiger partial charge >= 0.3 is 12.4 Å². The Morgan fingerprint density at radius 3 is 1.42 bits per heavy atom. The lowest BCUT2D eigenvalue weighted by atomic mass is 9.92. The van der Waals surface area contributed by atoms with Gasteiger partial charge in [-0.25, -0.2) is 0 Å². The van der Waals surface area contributed by atoms with Gasteiger partial charge in [0.05, 0.1) is 11.8 Å². The fraction of sp³-hybridized carbons (Fsp3) is 0.500. The van der Waals surface area contributed by atoms with Crippen molar-refractivity contribution in [2.45, 2.75) is 38.0 Å². The zero-order valence-electron chi connectivity index (χ0n) is 10.1. The van der Waals surface area contributed by atoms with Crippen LogP contribution in [0.25, 0.3) is 0 Å². The molecule has 0 bridgehead atoms. The van der Waals surface area contributed by atoms with E-state index in [9.17, 15) is 31.4 Å². The van der Waals surface area contributed by atoms with Crippen LogP contribution in [0.15, 0.2) is 18.2 Å². The van der Waals surface area contributed by atoms with Crippen LogP contribution in [0.1, 0.15) is 36.8 Å². The fourth-order valence-electron chi connectivity index (χ4n) is 1.63. The number of aromatic hydroxyl groups is 1. The fourth-order valence-corrected chi connectivity index (χ4v) is 1.63. The third-order valence-corrected chi connectivity index (χ3v) is 3.01. The summed E-state index contributed by atoms with van der Waals surface area (Å²) in [6, 6.07) is 3.02. The van der Waals surface area contributed by atoms with Crippen molar-refractivity contribution in [3.8, 4) is 5.75 Å². The van der Waals surface area contributed by atoms with Crippen LogP contribution in [0.4, 0.5) is 26.3 Å². The monoisotopic (exact) mass is 286 g/mol. The van der Waals surface area contributed by atoms with Gasteiger partial charge in [0.1, 0.15) is 5.75 Å². The summed E-state index contributed by atoms with van der Waals surface area (Å²) in [5, 5.41) is 9.66. The van der Waals surface area contributed by atoms with Gasteiger partial charge in [-0.2, -0.15) is 26.3 Å². The third kappa shape index (κ3) is 3.33. The molecule has 0 saturated carbocycles. The summed E-state index contributed by atoms with van der Waals surface area (Å²) < 4.78 is 75.3. The van der Waals surface area contributed by atoms with Crippen LogP contribution in [0.3, 0.4) is 0 Å². The van der Waals surface area contributed by atoms with Crippen molar-refractivity contribution >= 4 is 0 Å². The Bertz CT molecular complexity index is 410. The molecule has 1 aromatic carbocycles. The smallest absolute Gasteiger partial charge is 0.395 e. The highest BCUT2D eigenvalue weighted by atomic mass is 19.4. The van der Waals surface area contributed by atoms with Crippen LogP contribution in [0.2, 0.25) is 0 Å². The predicted molar refractivity (Wildman–Crippen MR) is 57.0 cm³/mol. The lowest BCUT2D eigenvalue weighted by Gasteiger charge is -2.22. The number of phenols is 1. The maximum Gasteiger partial charge on any atom is 0.395 e. The van der Waals surface area contributed by atoms with Crippen LogP contribution in [0.5, 0.6) is 5.75 Å². The summed E-state index contributed by atoms with van der Waals surface area (Å²) in [6.07, 6.45) is -9.25. The minimum absolute atomic E-state index is 0.555. The Morgan fingerprint density at radius 1 is 0.842 bits per heavy atom. The number of phenolic OH excluding ortho intramolecular Hbond substituents is 1. The van der Waals surface area contributed by atoms with Crippen molar-refractivity contribution in [3.05, 3.63) is 29.3 Å². The average Bonchev–Trinajstić information content (AvgIpc) is 2.25. The van der Waals surface area contributed by atoms with E-state index in [1.165, 1.54) is 0 Å². The molecular formula is C12H12F6O. The SMILES string of the molecule is CC(c1cccc(C(C)C(F)(F)F)c1O)C(F)(F)F. The van der Waals surface area contributed by atoms with Gasteiger partial charge in [0.2, 0.25) is 0 Å². The zero-order chi connectivity index (χ0) is 15.0. The minimum Gasteiger partial charge on any atom is -0.507 e. The van der Waals surface area contributed by atoms with Crippen LogP contribution < -0.4 is 0 Å². The molecule has 0 saturated heterocycles. The summed E-state index contributed by atoms with van der Waals surface area (Å²) in [7, 11) is 0. The highest BCUT2D eigenvalue weighted by Gasteiger charge is 2.42. The molecule has 0 amide bonds. The van der Waals surface area contributed by atoms with E-state index < -0.39 is 41.1 Å². The number of halogens is 6. The van der Waals surface area contributed by atoms with Crippen LogP contribution in [0, 0.1) is 0 Å². The van der Waals surface area contributed by atoms with Gasteiger partial charge in [-0.05, 0) is 13.8 Å². The Kier molecular flexibility index (Phi) is 4.07. The molecule has 1 aromatic rings. The first-order valence-electron chi connectivity index (χ1n) is 5.41. The molecular weight excluding hydrogens is 274 g/mol. The second kappa shape index (κ2) is 4.94. The lowest BCUT2D eigenvalue weighted by Crippen LogP contribution is -2.20. The number of hydrogen-bond acceptors (Lipinski definition) is 1. The second-order valence-electron chi connectivity index (χ2n) is 4.31. The van der Waals surface area contributed by atoms with Gasteiger partial charge in [0, 0.05) is 11.1 Å². The molecule has 7 heteroatoms. The van der Waals surface area contributed by atoms with Crippen LogP contribution >= 0.6 is 0 Å². The van der Waals surface area contributed by atoms with Crippen molar-refractivity contribution in [2.75, 3.05) is 0 Å². The molecule has 0 aliphatic rings. The summed E-state index contributed by atoms with van der Waals surface area (Å²) in [4.78, 5) is 0. The van der Waals surface area contributed by atoms with Gasteiger partial charge in [0.15, 0.2) is 0 Å². The standard InChI is InChI=1S/C12H12F6O/c1-6(11(13,14)15)8-4-3-5-9(10(8)19)7(2)12(16,17)18/h3-7,19H,1-2H3. The maximum absolute atomic E-state index is 12.5. The molecule has 0 fully saturated rings. The highest BCUT2D eigenvalue weighted by Crippen LogP contribution is 2.44. The number of benzene rings is 1. The number of rotatable bonds is 2. The first-order valence-corrected chi connectivity index (χ1v) is 5.41. The Morgan fingerprint density at radius 2 is 1.16 bits per heavy atom. The summed E-state index contributed by atoms with van der Waals surface area (Å²) >= 11 is 0. The molecule has 2 atom stereocenters. The van der Waals surface area contributed by atoms with Gasteiger partial charge < -0.3 is 5.11 Å². The van der Waals surface area contributed by atoms with Gasteiger partial charge in [-0.1, -0.05) is 18.2 Å². The number of hydrogen-bond donors (Lipinski definition) is 1. The normalized spacial score (nSPS) is 16.2.